The lowest BCUT2D eigenvalue weighted by Crippen LogP contribution is -2.21. The second-order valence-electron chi connectivity index (χ2n) is 6.32. The van der Waals surface area contributed by atoms with Gasteiger partial charge in [0.05, 0.1) is 30.1 Å². The SMILES string of the molecule is COCCOCC(=O)Nc1ncc(Oc2cc(I)c(OC)cc2C(C)C)c(N)n1. The largest absolute Gasteiger partial charge is 0.496 e. The van der Waals surface area contributed by atoms with E-state index in [1.807, 2.05) is 12.1 Å². The van der Waals surface area contributed by atoms with Gasteiger partial charge in [-0.1, -0.05) is 13.8 Å². The predicted molar refractivity (Wildman–Crippen MR) is 118 cm³/mol. The van der Waals surface area contributed by atoms with Gasteiger partial charge in [0.1, 0.15) is 18.1 Å². The molecule has 0 aliphatic heterocycles. The third-order valence-electron chi connectivity index (χ3n) is 3.83. The highest BCUT2D eigenvalue weighted by Crippen LogP contribution is 2.37. The molecule has 0 aliphatic rings. The Kier molecular flexibility index (Phi) is 8.86. The molecule has 3 N–H and O–H groups in total. The number of ether oxygens (including phenoxy) is 4. The average Bonchev–Trinajstić information content (AvgIpc) is 2.67. The van der Waals surface area contributed by atoms with E-state index in [9.17, 15) is 4.79 Å². The molecule has 29 heavy (non-hydrogen) atoms. The maximum Gasteiger partial charge on any atom is 0.252 e. The van der Waals surface area contributed by atoms with Crippen LogP contribution in [-0.4, -0.2) is 49.9 Å². The molecule has 0 saturated carbocycles. The summed E-state index contributed by atoms with van der Waals surface area (Å²) in [7, 11) is 3.18. The van der Waals surface area contributed by atoms with Crippen molar-refractivity contribution in [2.75, 3.05) is 45.1 Å². The molecule has 1 amide bonds. The lowest BCUT2D eigenvalue weighted by atomic mass is 10.0. The Morgan fingerprint density at radius 1 is 1.21 bits per heavy atom. The molecule has 1 heterocycles. The molecule has 10 heteroatoms. The van der Waals surface area contributed by atoms with Crippen molar-refractivity contribution in [1.29, 1.82) is 0 Å². The zero-order chi connectivity index (χ0) is 21.4. The maximum atomic E-state index is 11.8. The standard InChI is InChI=1S/C19H25IN4O5/c1-11(2)12-7-15(27-4)13(20)8-14(12)29-16-9-22-19(24-18(16)21)23-17(25)10-28-6-5-26-3/h7-9,11H,5-6,10H2,1-4H3,(H3,21,22,23,24,25). The number of hydrogen-bond donors (Lipinski definition) is 2. The normalized spacial score (nSPS) is 10.8. The third kappa shape index (κ3) is 6.68. The molecule has 2 rings (SSSR count). The first-order valence-corrected chi connectivity index (χ1v) is 9.97. The zero-order valence-corrected chi connectivity index (χ0v) is 19.0. The fourth-order valence-electron chi connectivity index (χ4n) is 2.36. The topological polar surface area (TPSA) is 118 Å². The van der Waals surface area contributed by atoms with Crippen LogP contribution < -0.4 is 20.5 Å². The van der Waals surface area contributed by atoms with E-state index >= 15 is 0 Å². The van der Waals surface area contributed by atoms with Crippen LogP contribution in [-0.2, 0) is 14.3 Å². The molecule has 1 aromatic heterocycles. The number of nitrogens with zero attached hydrogens (tertiary/aromatic N) is 2. The van der Waals surface area contributed by atoms with Gasteiger partial charge >= 0.3 is 0 Å². The highest BCUT2D eigenvalue weighted by molar-refractivity contribution is 14.1. The number of anilines is 2. The molecule has 0 bridgehead atoms. The number of rotatable bonds is 10. The Hall–Kier alpha value is -2.18. The van der Waals surface area contributed by atoms with Gasteiger partial charge in [-0.05, 0) is 40.6 Å². The second-order valence-corrected chi connectivity index (χ2v) is 7.48. The lowest BCUT2D eigenvalue weighted by Gasteiger charge is -2.17. The minimum absolute atomic E-state index is 0.0728. The molecular weight excluding hydrogens is 491 g/mol. The fraction of sp³-hybridized carbons (Fsp3) is 0.421. The lowest BCUT2D eigenvalue weighted by molar-refractivity contribution is -0.121. The Balaban J connectivity index is 2.11. The molecule has 0 saturated heterocycles. The molecule has 0 spiro atoms. The van der Waals surface area contributed by atoms with Crippen molar-refractivity contribution in [2.45, 2.75) is 19.8 Å². The molecule has 0 unspecified atom stereocenters. The fourth-order valence-corrected chi connectivity index (χ4v) is 3.01. The van der Waals surface area contributed by atoms with Crippen molar-refractivity contribution in [3.05, 3.63) is 27.5 Å². The van der Waals surface area contributed by atoms with Crippen LogP contribution in [0.2, 0.25) is 0 Å². The number of nitrogen functional groups attached to an aromatic ring is 1. The Morgan fingerprint density at radius 3 is 2.59 bits per heavy atom. The van der Waals surface area contributed by atoms with Gasteiger partial charge in [-0.3, -0.25) is 10.1 Å². The van der Waals surface area contributed by atoms with Crippen molar-refractivity contribution in [2.24, 2.45) is 0 Å². The van der Waals surface area contributed by atoms with E-state index in [0.717, 1.165) is 14.9 Å². The van der Waals surface area contributed by atoms with Gasteiger partial charge in [0, 0.05) is 12.7 Å². The van der Waals surface area contributed by atoms with Gasteiger partial charge in [-0.2, -0.15) is 4.98 Å². The maximum absolute atomic E-state index is 11.8. The first-order valence-electron chi connectivity index (χ1n) is 8.90. The van der Waals surface area contributed by atoms with Gasteiger partial charge in [0.2, 0.25) is 5.95 Å². The summed E-state index contributed by atoms with van der Waals surface area (Å²) in [6, 6.07) is 3.82. The minimum Gasteiger partial charge on any atom is -0.496 e. The quantitative estimate of drug-likeness (QED) is 0.365. The summed E-state index contributed by atoms with van der Waals surface area (Å²) in [5, 5.41) is 2.52. The van der Waals surface area contributed by atoms with Crippen LogP contribution in [0.25, 0.3) is 0 Å². The van der Waals surface area contributed by atoms with Gasteiger partial charge in [0.25, 0.3) is 5.91 Å². The van der Waals surface area contributed by atoms with E-state index in [1.54, 1.807) is 14.2 Å². The van der Waals surface area contributed by atoms with Gasteiger partial charge in [-0.15, -0.1) is 0 Å². The highest BCUT2D eigenvalue weighted by atomic mass is 127. The van der Waals surface area contributed by atoms with Gasteiger partial charge < -0.3 is 24.7 Å². The number of amides is 1. The molecule has 0 aliphatic carbocycles. The number of nitrogens with one attached hydrogen (secondary N) is 1. The van der Waals surface area contributed by atoms with E-state index in [2.05, 4.69) is 51.7 Å². The molecule has 2 aromatic rings. The third-order valence-corrected chi connectivity index (χ3v) is 4.67. The summed E-state index contributed by atoms with van der Waals surface area (Å²) in [6.07, 6.45) is 1.42. The molecule has 1 aromatic carbocycles. The van der Waals surface area contributed by atoms with Crippen LogP contribution in [0.15, 0.2) is 18.3 Å². The van der Waals surface area contributed by atoms with Crippen LogP contribution in [0.5, 0.6) is 17.2 Å². The summed E-state index contributed by atoms with van der Waals surface area (Å²) in [5.74, 6) is 1.71. The Bertz CT molecular complexity index is 848. The van der Waals surface area contributed by atoms with Crippen LogP contribution in [0.3, 0.4) is 0 Å². The van der Waals surface area contributed by atoms with E-state index in [4.69, 9.17) is 24.7 Å². The van der Waals surface area contributed by atoms with Crippen LogP contribution >= 0.6 is 22.6 Å². The zero-order valence-electron chi connectivity index (χ0n) is 16.8. The first-order chi connectivity index (χ1) is 13.8. The predicted octanol–water partition coefficient (Wildman–Crippen LogP) is 3.19. The van der Waals surface area contributed by atoms with Crippen molar-refractivity contribution in [3.63, 3.8) is 0 Å². The van der Waals surface area contributed by atoms with E-state index < -0.39 is 0 Å². The summed E-state index contributed by atoms with van der Waals surface area (Å²) < 4.78 is 22.3. The van der Waals surface area contributed by atoms with E-state index in [0.29, 0.717) is 24.7 Å². The van der Waals surface area contributed by atoms with E-state index in [-0.39, 0.29) is 30.2 Å². The van der Waals surface area contributed by atoms with Crippen LogP contribution in [0, 0.1) is 3.57 Å². The van der Waals surface area contributed by atoms with Crippen molar-refractivity contribution < 1.29 is 23.7 Å². The van der Waals surface area contributed by atoms with Crippen molar-refractivity contribution in [1.82, 2.24) is 9.97 Å². The summed E-state index contributed by atoms with van der Waals surface area (Å²) in [5.41, 5.74) is 6.97. The summed E-state index contributed by atoms with van der Waals surface area (Å²) in [4.78, 5) is 20.0. The van der Waals surface area contributed by atoms with Crippen LogP contribution in [0.1, 0.15) is 25.3 Å². The Labute approximate surface area is 183 Å². The molecule has 0 fully saturated rings. The molecule has 0 atom stereocenters. The average molecular weight is 516 g/mol. The minimum atomic E-state index is -0.388. The molecule has 158 valence electrons. The van der Waals surface area contributed by atoms with Crippen molar-refractivity contribution in [3.8, 4) is 17.2 Å². The molecule has 0 radical (unpaired) electrons. The Morgan fingerprint density at radius 2 is 1.97 bits per heavy atom. The highest BCUT2D eigenvalue weighted by Gasteiger charge is 2.16. The number of carbonyl (C=O) groups excluding carboxylic acids is 1. The number of nitrogens with two attached hydrogens (primary N) is 1. The number of halogens is 1. The first kappa shape index (κ1) is 23.1. The van der Waals surface area contributed by atoms with Crippen LogP contribution in [0.4, 0.5) is 11.8 Å². The van der Waals surface area contributed by atoms with Crippen molar-refractivity contribution >= 4 is 40.3 Å². The van der Waals surface area contributed by atoms with E-state index in [1.165, 1.54) is 6.20 Å². The van der Waals surface area contributed by atoms with Gasteiger partial charge in [0.15, 0.2) is 11.6 Å². The smallest absolute Gasteiger partial charge is 0.252 e. The summed E-state index contributed by atoms with van der Waals surface area (Å²) >= 11 is 2.18. The number of benzene rings is 1. The molecular formula is C19H25IN4O5. The number of methoxy groups -OCH3 is 2. The monoisotopic (exact) mass is 516 g/mol. The van der Waals surface area contributed by atoms with Gasteiger partial charge in [-0.25, -0.2) is 4.98 Å². The number of hydrogen-bond acceptors (Lipinski definition) is 8. The number of aromatic nitrogens is 2. The molecule has 9 nitrogen and oxygen atoms in total. The second kappa shape index (κ2) is 11.1. The number of carbonyl (C=O) groups is 1. The summed E-state index contributed by atoms with van der Waals surface area (Å²) in [6.45, 7) is 4.71.